The van der Waals surface area contributed by atoms with Crippen LogP contribution >= 0.6 is 0 Å². The Kier molecular flexibility index (Phi) is 6.07. The number of carbonyl (C=O) groups is 2. The van der Waals surface area contributed by atoms with Gasteiger partial charge in [-0.25, -0.2) is 8.42 Å². The summed E-state index contributed by atoms with van der Waals surface area (Å²) < 4.78 is 26.7. The fourth-order valence-electron chi connectivity index (χ4n) is 3.58. The molecule has 1 aromatic carbocycles. The molecule has 0 atom stereocenters. The minimum absolute atomic E-state index is 0.0289. The van der Waals surface area contributed by atoms with Crippen LogP contribution in [-0.4, -0.2) is 85.7 Å². The Labute approximate surface area is 166 Å². The number of amides is 2. The molecule has 0 spiro atoms. The van der Waals surface area contributed by atoms with Crippen molar-refractivity contribution in [3.63, 3.8) is 0 Å². The molecular formula is C19H28N4O4S. The van der Waals surface area contributed by atoms with Crippen LogP contribution in [0.25, 0.3) is 0 Å². The summed E-state index contributed by atoms with van der Waals surface area (Å²) in [7, 11) is -3.41. The van der Waals surface area contributed by atoms with E-state index in [1.54, 1.807) is 17.0 Å². The van der Waals surface area contributed by atoms with Gasteiger partial charge in [-0.3, -0.25) is 14.5 Å². The van der Waals surface area contributed by atoms with Crippen molar-refractivity contribution in [1.29, 1.82) is 0 Å². The second kappa shape index (κ2) is 8.18. The fraction of sp³-hybridized carbons (Fsp3) is 0.579. The van der Waals surface area contributed by atoms with Crippen molar-refractivity contribution in [3.05, 3.63) is 35.9 Å². The van der Waals surface area contributed by atoms with E-state index >= 15 is 0 Å². The van der Waals surface area contributed by atoms with E-state index < -0.39 is 15.6 Å². The maximum Gasteiger partial charge on any atom is 0.240 e. The predicted molar refractivity (Wildman–Crippen MR) is 106 cm³/mol. The summed E-state index contributed by atoms with van der Waals surface area (Å²) in [5.74, 6) is -0.176. The Morgan fingerprint density at radius 3 is 2.36 bits per heavy atom. The highest BCUT2D eigenvalue weighted by Gasteiger charge is 2.39. The first-order valence-corrected chi connectivity index (χ1v) is 11.1. The van der Waals surface area contributed by atoms with Gasteiger partial charge in [-0.05, 0) is 19.4 Å². The molecule has 8 nitrogen and oxygen atoms in total. The van der Waals surface area contributed by atoms with E-state index in [1.165, 1.54) is 4.31 Å². The van der Waals surface area contributed by atoms with E-state index in [-0.39, 0.29) is 24.1 Å². The zero-order chi connectivity index (χ0) is 20.4. The number of benzene rings is 1. The molecule has 1 aromatic rings. The van der Waals surface area contributed by atoms with Crippen LogP contribution in [0.1, 0.15) is 19.4 Å². The molecule has 0 aromatic heterocycles. The lowest BCUT2D eigenvalue weighted by Gasteiger charge is -2.42. The van der Waals surface area contributed by atoms with Gasteiger partial charge in [0.05, 0.1) is 17.8 Å². The molecular weight excluding hydrogens is 380 g/mol. The molecule has 2 aliphatic heterocycles. The second-order valence-corrected chi connectivity index (χ2v) is 9.73. The highest BCUT2D eigenvalue weighted by atomic mass is 32.2. The minimum Gasteiger partial charge on any atom is -0.353 e. The number of piperazine rings is 2. The molecule has 154 valence electrons. The average molecular weight is 409 g/mol. The van der Waals surface area contributed by atoms with Crippen LogP contribution in [0.5, 0.6) is 0 Å². The third-order valence-corrected chi connectivity index (χ3v) is 7.37. The van der Waals surface area contributed by atoms with Gasteiger partial charge in [0, 0.05) is 39.3 Å². The van der Waals surface area contributed by atoms with Crippen molar-refractivity contribution >= 4 is 21.8 Å². The van der Waals surface area contributed by atoms with E-state index in [4.69, 9.17) is 0 Å². The Balaban J connectivity index is 1.54. The molecule has 0 unspecified atom stereocenters. The number of hydrogen-bond acceptors (Lipinski definition) is 5. The lowest BCUT2D eigenvalue weighted by molar-refractivity contribution is -0.141. The molecule has 9 heteroatoms. The number of carbonyl (C=O) groups excluding carboxylic acids is 2. The summed E-state index contributed by atoms with van der Waals surface area (Å²) in [6.07, 6.45) is 0. The summed E-state index contributed by atoms with van der Waals surface area (Å²) >= 11 is 0. The van der Waals surface area contributed by atoms with Crippen LogP contribution in [0.15, 0.2) is 30.3 Å². The standard InChI is InChI=1S/C19H28N4O4S/c1-19(2)18(25)20-8-9-22(19)14-17(24)21-10-12-23(13-11-21)28(26,27)15-16-6-4-3-5-7-16/h3-7H,8-15H2,1-2H3,(H,20,25). The first-order valence-electron chi connectivity index (χ1n) is 9.53. The number of nitrogens with zero attached hydrogens (tertiary/aromatic N) is 3. The quantitative estimate of drug-likeness (QED) is 0.733. The predicted octanol–water partition coefficient (Wildman–Crippen LogP) is -0.129. The molecule has 0 aliphatic carbocycles. The van der Waals surface area contributed by atoms with Gasteiger partial charge in [-0.2, -0.15) is 4.31 Å². The molecule has 2 saturated heterocycles. The van der Waals surface area contributed by atoms with Crippen LogP contribution in [-0.2, 0) is 25.4 Å². The lowest BCUT2D eigenvalue weighted by atomic mass is 9.99. The molecule has 0 radical (unpaired) electrons. The Bertz CT molecular complexity index is 818. The van der Waals surface area contributed by atoms with E-state index in [2.05, 4.69) is 5.32 Å². The summed E-state index contributed by atoms with van der Waals surface area (Å²) in [5, 5.41) is 2.82. The summed E-state index contributed by atoms with van der Waals surface area (Å²) in [6, 6.07) is 9.10. The minimum atomic E-state index is -3.41. The van der Waals surface area contributed by atoms with E-state index in [1.807, 2.05) is 36.9 Å². The Morgan fingerprint density at radius 2 is 1.71 bits per heavy atom. The molecule has 2 aliphatic rings. The van der Waals surface area contributed by atoms with Crippen LogP contribution in [0, 0.1) is 0 Å². The van der Waals surface area contributed by atoms with E-state index in [0.29, 0.717) is 39.3 Å². The van der Waals surface area contributed by atoms with Crippen molar-refractivity contribution in [2.24, 2.45) is 0 Å². The van der Waals surface area contributed by atoms with Crippen molar-refractivity contribution in [1.82, 2.24) is 19.4 Å². The van der Waals surface area contributed by atoms with Crippen LogP contribution in [0.4, 0.5) is 0 Å². The van der Waals surface area contributed by atoms with Gasteiger partial charge in [-0.1, -0.05) is 30.3 Å². The normalized spacial score (nSPS) is 21.4. The molecule has 3 rings (SSSR count). The van der Waals surface area contributed by atoms with Gasteiger partial charge >= 0.3 is 0 Å². The maximum atomic E-state index is 12.7. The largest absolute Gasteiger partial charge is 0.353 e. The van der Waals surface area contributed by atoms with Crippen LogP contribution in [0.3, 0.4) is 0 Å². The van der Waals surface area contributed by atoms with Crippen LogP contribution in [0.2, 0.25) is 0 Å². The fourth-order valence-corrected chi connectivity index (χ4v) is 5.09. The average Bonchev–Trinajstić information content (AvgIpc) is 2.66. The summed E-state index contributed by atoms with van der Waals surface area (Å²) in [4.78, 5) is 28.3. The van der Waals surface area contributed by atoms with Crippen molar-refractivity contribution in [2.75, 3.05) is 45.8 Å². The zero-order valence-electron chi connectivity index (χ0n) is 16.4. The first kappa shape index (κ1) is 20.8. The number of nitrogens with one attached hydrogen (secondary N) is 1. The molecule has 2 heterocycles. The molecule has 2 amide bonds. The van der Waals surface area contributed by atoms with Gasteiger partial charge in [0.15, 0.2) is 0 Å². The number of rotatable bonds is 5. The highest BCUT2D eigenvalue weighted by molar-refractivity contribution is 7.88. The van der Waals surface area contributed by atoms with E-state index in [9.17, 15) is 18.0 Å². The van der Waals surface area contributed by atoms with Crippen molar-refractivity contribution in [3.8, 4) is 0 Å². The third-order valence-electron chi connectivity index (χ3n) is 5.52. The lowest BCUT2D eigenvalue weighted by Crippen LogP contribution is -2.64. The Hall–Kier alpha value is -1.97. The molecule has 2 fully saturated rings. The maximum absolute atomic E-state index is 12.7. The van der Waals surface area contributed by atoms with Gasteiger partial charge in [0.25, 0.3) is 0 Å². The van der Waals surface area contributed by atoms with Gasteiger partial charge in [0.1, 0.15) is 0 Å². The SMILES string of the molecule is CC1(C)C(=O)NCCN1CC(=O)N1CCN(S(=O)(=O)Cc2ccccc2)CC1. The Morgan fingerprint density at radius 1 is 1.07 bits per heavy atom. The van der Waals surface area contributed by atoms with Crippen molar-refractivity contribution < 1.29 is 18.0 Å². The molecule has 0 bridgehead atoms. The smallest absolute Gasteiger partial charge is 0.240 e. The molecule has 28 heavy (non-hydrogen) atoms. The summed E-state index contributed by atoms with van der Waals surface area (Å²) in [5.41, 5.74) is 0.0287. The molecule has 1 N–H and O–H groups in total. The second-order valence-electron chi connectivity index (χ2n) is 7.76. The van der Waals surface area contributed by atoms with Gasteiger partial charge in [-0.15, -0.1) is 0 Å². The molecule has 0 saturated carbocycles. The van der Waals surface area contributed by atoms with Crippen LogP contribution < -0.4 is 5.32 Å². The highest BCUT2D eigenvalue weighted by Crippen LogP contribution is 2.18. The monoisotopic (exact) mass is 408 g/mol. The number of sulfonamides is 1. The summed E-state index contributed by atoms with van der Waals surface area (Å²) in [6.45, 7) is 6.26. The third kappa shape index (κ3) is 4.53. The van der Waals surface area contributed by atoms with Gasteiger partial charge in [0.2, 0.25) is 21.8 Å². The zero-order valence-corrected chi connectivity index (χ0v) is 17.2. The van der Waals surface area contributed by atoms with Crippen molar-refractivity contribution in [2.45, 2.75) is 25.1 Å². The van der Waals surface area contributed by atoms with E-state index in [0.717, 1.165) is 5.56 Å². The number of hydrogen-bond donors (Lipinski definition) is 1. The van der Waals surface area contributed by atoms with Gasteiger partial charge < -0.3 is 10.2 Å². The first-order chi connectivity index (χ1) is 13.2. The topological polar surface area (TPSA) is 90.0 Å².